The van der Waals surface area contributed by atoms with E-state index >= 15 is 0 Å². The van der Waals surface area contributed by atoms with Crippen molar-refractivity contribution in [2.24, 2.45) is 0 Å². The van der Waals surface area contributed by atoms with Gasteiger partial charge in [0.15, 0.2) is 0 Å². The molecule has 0 atom stereocenters. The summed E-state index contributed by atoms with van der Waals surface area (Å²) in [5.41, 5.74) is 0.994. The number of carbonyl (C=O) groups is 1. The highest BCUT2D eigenvalue weighted by Gasteiger charge is 2.05. The monoisotopic (exact) mass is 362 g/mol. The number of hydrogen-bond donors (Lipinski definition) is 1. The van der Waals surface area contributed by atoms with Crippen LogP contribution in [0.15, 0.2) is 24.3 Å². The number of rotatable bonds is 17. The number of aryl methyl sites for hydroxylation is 1. The van der Waals surface area contributed by atoms with Crippen LogP contribution in [0.5, 0.6) is 5.75 Å². The number of ether oxygens (including phenoxy) is 1. The number of carboxylic acid groups (broad SMARTS) is 1. The van der Waals surface area contributed by atoms with Crippen LogP contribution in [0.1, 0.15) is 96.0 Å². The molecule has 0 saturated carbocycles. The van der Waals surface area contributed by atoms with Crippen molar-refractivity contribution in [1.29, 1.82) is 0 Å². The van der Waals surface area contributed by atoms with Crippen LogP contribution in [0.2, 0.25) is 0 Å². The van der Waals surface area contributed by atoms with Crippen LogP contribution in [-0.4, -0.2) is 17.7 Å². The molecule has 1 aromatic carbocycles. The molecule has 0 bridgehead atoms. The van der Waals surface area contributed by atoms with Crippen molar-refractivity contribution >= 4 is 5.97 Å². The fourth-order valence-corrected chi connectivity index (χ4v) is 3.22. The molecule has 0 aliphatic heterocycles. The second-order valence-electron chi connectivity index (χ2n) is 7.24. The fourth-order valence-electron chi connectivity index (χ4n) is 3.22. The summed E-state index contributed by atoms with van der Waals surface area (Å²) in [6.07, 6.45) is 16.7. The summed E-state index contributed by atoms with van der Waals surface area (Å²) in [6, 6.07) is 7.79. The summed E-state index contributed by atoms with van der Waals surface area (Å²) in [7, 11) is 0. The molecule has 0 aromatic heterocycles. The predicted octanol–water partition coefficient (Wildman–Crippen LogP) is 6.78. The van der Waals surface area contributed by atoms with E-state index in [9.17, 15) is 4.79 Å². The molecule has 1 N–H and O–H groups in total. The maximum Gasteiger partial charge on any atom is 0.303 e. The Balaban J connectivity index is 1.98. The van der Waals surface area contributed by atoms with Crippen molar-refractivity contribution in [1.82, 2.24) is 0 Å². The first-order valence-electron chi connectivity index (χ1n) is 10.7. The SMILES string of the molecule is CCCCCCCCCCCCCCOc1ccccc1CCC(=O)O. The van der Waals surface area contributed by atoms with Crippen LogP contribution in [0.3, 0.4) is 0 Å². The van der Waals surface area contributed by atoms with Gasteiger partial charge in [-0.3, -0.25) is 4.79 Å². The van der Waals surface area contributed by atoms with Crippen molar-refractivity contribution < 1.29 is 14.6 Å². The Morgan fingerprint density at radius 1 is 0.846 bits per heavy atom. The lowest BCUT2D eigenvalue weighted by atomic mass is 10.1. The standard InChI is InChI=1S/C23H38O3/c1-2-3-4-5-6-7-8-9-10-11-12-15-20-26-22-17-14-13-16-21(22)18-19-23(24)25/h13-14,16-17H,2-12,15,18-20H2,1H3,(H,24,25). The Morgan fingerprint density at radius 2 is 1.38 bits per heavy atom. The minimum atomic E-state index is -0.763. The molecule has 148 valence electrons. The van der Waals surface area contributed by atoms with Gasteiger partial charge < -0.3 is 9.84 Å². The van der Waals surface area contributed by atoms with Gasteiger partial charge in [0.2, 0.25) is 0 Å². The number of aliphatic carboxylic acids is 1. The highest BCUT2D eigenvalue weighted by Crippen LogP contribution is 2.20. The third-order valence-corrected chi connectivity index (χ3v) is 4.84. The number of para-hydroxylation sites is 1. The molecule has 3 nitrogen and oxygen atoms in total. The predicted molar refractivity (Wildman–Crippen MR) is 109 cm³/mol. The lowest BCUT2D eigenvalue weighted by Crippen LogP contribution is -2.02. The first-order chi connectivity index (χ1) is 12.7. The van der Waals surface area contributed by atoms with Crippen molar-refractivity contribution in [3.05, 3.63) is 29.8 Å². The molecule has 1 aromatic rings. The summed E-state index contributed by atoms with van der Waals surface area (Å²) in [5.74, 6) is 0.0811. The van der Waals surface area contributed by atoms with E-state index in [-0.39, 0.29) is 6.42 Å². The van der Waals surface area contributed by atoms with Gasteiger partial charge in [-0.05, 0) is 24.5 Å². The van der Waals surface area contributed by atoms with Crippen LogP contribution in [0.25, 0.3) is 0 Å². The lowest BCUT2D eigenvalue weighted by molar-refractivity contribution is -0.136. The Morgan fingerprint density at radius 3 is 1.96 bits per heavy atom. The minimum Gasteiger partial charge on any atom is -0.493 e. The normalized spacial score (nSPS) is 10.8. The van der Waals surface area contributed by atoms with E-state index in [0.29, 0.717) is 6.42 Å². The van der Waals surface area contributed by atoms with Crippen molar-refractivity contribution in [2.75, 3.05) is 6.61 Å². The van der Waals surface area contributed by atoms with Crippen LogP contribution in [0.4, 0.5) is 0 Å². The van der Waals surface area contributed by atoms with E-state index in [4.69, 9.17) is 9.84 Å². The quantitative estimate of drug-likeness (QED) is 0.311. The molecule has 0 radical (unpaired) electrons. The molecule has 1 rings (SSSR count). The molecule has 0 aliphatic rings. The lowest BCUT2D eigenvalue weighted by Gasteiger charge is -2.10. The summed E-state index contributed by atoms with van der Waals surface area (Å²) < 4.78 is 5.87. The molecule has 3 heteroatoms. The van der Waals surface area contributed by atoms with Crippen LogP contribution < -0.4 is 4.74 Å². The molecule has 26 heavy (non-hydrogen) atoms. The highest BCUT2D eigenvalue weighted by molar-refractivity contribution is 5.67. The van der Waals surface area contributed by atoms with E-state index < -0.39 is 5.97 Å². The number of unbranched alkanes of at least 4 members (excludes halogenated alkanes) is 11. The first-order valence-corrected chi connectivity index (χ1v) is 10.7. The van der Waals surface area contributed by atoms with E-state index in [1.54, 1.807) is 0 Å². The number of hydrogen-bond acceptors (Lipinski definition) is 2. The third-order valence-electron chi connectivity index (χ3n) is 4.84. The summed E-state index contributed by atoms with van der Waals surface area (Å²) in [5, 5.41) is 8.82. The third kappa shape index (κ3) is 11.9. The zero-order chi connectivity index (χ0) is 18.9. The Hall–Kier alpha value is -1.51. The van der Waals surface area contributed by atoms with E-state index in [0.717, 1.165) is 24.3 Å². The average molecular weight is 363 g/mol. The van der Waals surface area contributed by atoms with Gasteiger partial charge in [0.25, 0.3) is 0 Å². The Bertz CT molecular complexity index is 470. The summed E-state index contributed by atoms with van der Waals surface area (Å²) in [6.45, 7) is 2.99. The van der Waals surface area contributed by atoms with Crippen molar-refractivity contribution in [3.8, 4) is 5.75 Å². The van der Waals surface area contributed by atoms with Gasteiger partial charge in [-0.2, -0.15) is 0 Å². The molecule has 0 amide bonds. The van der Waals surface area contributed by atoms with E-state index in [1.165, 1.54) is 70.6 Å². The Kier molecular flexibility index (Phi) is 13.6. The summed E-state index contributed by atoms with van der Waals surface area (Å²) in [4.78, 5) is 10.7. The van der Waals surface area contributed by atoms with Crippen LogP contribution in [-0.2, 0) is 11.2 Å². The molecular formula is C23H38O3. The largest absolute Gasteiger partial charge is 0.493 e. The van der Waals surface area contributed by atoms with E-state index in [2.05, 4.69) is 6.92 Å². The maximum absolute atomic E-state index is 10.7. The maximum atomic E-state index is 10.7. The van der Waals surface area contributed by atoms with Gasteiger partial charge in [0.05, 0.1) is 6.61 Å². The fraction of sp³-hybridized carbons (Fsp3) is 0.696. The number of benzene rings is 1. The van der Waals surface area contributed by atoms with Crippen molar-refractivity contribution in [3.63, 3.8) is 0 Å². The second-order valence-corrected chi connectivity index (χ2v) is 7.24. The first kappa shape index (κ1) is 22.5. The second kappa shape index (κ2) is 15.7. The highest BCUT2D eigenvalue weighted by atomic mass is 16.5. The average Bonchev–Trinajstić information content (AvgIpc) is 2.64. The minimum absolute atomic E-state index is 0.152. The zero-order valence-corrected chi connectivity index (χ0v) is 16.7. The molecule has 0 fully saturated rings. The Labute approximate surface area is 160 Å². The molecule has 0 unspecified atom stereocenters. The zero-order valence-electron chi connectivity index (χ0n) is 16.7. The summed E-state index contributed by atoms with van der Waals surface area (Å²) >= 11 is 0. The van der Waals surface area contributed by atoms with Crippen LogP contribution in [0, 0.1) is 0 Å². The molecule has 0 heterocycles. The number of carboxylic acids is 1. The van der Waals surface area contributed by atoms with Gasteiger partial charge in [-0.1, -0.05) is 95.8 Å². The molecule has 0 aliphatic carbocycles. The van der Waals surface area contributed by atoms with Gasteiger partial charge in [0, 0.05) is 6.42 Å². The molecule has 0 spiro atoms. The smallest absolute Gasteiger partial charge is 0.303 e. The van der Waals surface area contributed by atoms with Gasteiger partial charge in [-0.25, -0.2) is 0 Å². The molecular weight excluding hydrogens is 324 g/mol. The molecule has 0 saturated heterocycles. The van der Waals surface area contributed by atoms with Gasteiger partial charge in [-0.15, -0.1) is 0 Å². The van der Waals surface area contributed by atoms with Gasteiger partial charge >= 0.3 is 5.97 Å². The van der Waals surface area contributed by atoms with Crippen LogP contribution >= 0.6 is 0 Å². The van der Waals surface area contributed by atoms with Gasteiger partial charge in [0.1, 0.15) is 5.75 Å². The van der Waals surface area contributed by atoms with Crippen molar-refractivity contribution in [2.45, 2.75) is 96.8 Å². The topological polar surface area (TPSA) is 46.5 Å². The van der Waals surface area contributed by atoms with E-state index in [1.807, 2.05) is 24.3 Å².